The Hall–Kier alpha value is -0.300. The van der Waals surface area contributed by atoms with E-state index in [0.29, 0.717) is 6.04 Å². The summed E-state index contributed by atoms with van der Waals surface area (Å²) in [7, 11) is 2.17. The van der Waals surface area contributed by atoms with Crippen molar-refractivity contribution in [3.63, 3.8) is 0 Å². The molecule has 0 unspecified atom stereocenters. The van der Waals surface area contributed by atoms with Crippen LogP contribution in [0.1, 0.15) is 20.3 Å². The van der Waals surface area contributed by atoms with Gasteiger partial charge in [-0.2, -0.15) is 0 Å². The Morgan fingerprint density at radius 3 is 2.78 bits per heavy atom. The van der Waals surface area contributed by atoms with E-state index in [0.717, 1.165) is 0 Å². The molecule has 0 saturated heterocycles. The monoisotopic (exact) mass is 125 g/mol. The predicted molar refractivity (Wildman–Crippen MR) is 40.5 cm³/mol. The first-order valence-corrected chi connectivity index (χ1v) is 3.57. The second-order valence-corrected chi connectivity index (χ2v) is 2.98. The van der Waals surface area contributed by atoms with Gasteiger partial charge in [0, 0.05) is 12.6 Å². The third kappa shape index (κ3) is 1.55. The van der Waals surface area contributed by atoms with Crippen LogP contribution in [0, 0.1) is 0 Å². The van der Waals surface area contributed by atoms with E-state index in [1.807, 2.05) is 0 Å². The topological polar surface area (TPSA) is 3.24 Å². The van der Waals surface area contributed by atoms with E-state index in [4.69, 9.17) is 0 Å². The molecule has 1 aliphatic rings. The Balaban J connectivity index is 2.58. The number of nitrogens with zero attached hydrogens (tertiary/aromatic N) is 1. The molecule has 1 atom stereocenters. The first-order valence-electron chi connectivity index (χ1n) is 3.57. The van der Waals surface area contributed by atoms with Crippen LogP contribution >= 0.6 is 0 Å². The van der Waals surface area contributed by atoms with E-state index >= 15 is 0 Å². The first-order chi connectivity index (χ1) is 4.20. The third-order valence-corrected chi connectivity index (χ3v) is 2.08. The van der Waals surface area contributed by atoms with Crippen molar-refractivity contribution in [3.05, 3.63) is 11.6 Å². The van der Waals surface area contributed by atoms with Crippen LogP contribution in [0.25, 0.3) is 0 Å². The summed E-state index contributed by atoms with van der Waals surface area (Å²) in [5.41, 5.74) is 1.54. The van der Waals surface area contributed by atoms with E-state index < -0.39 is 0 Å². The molecule has 0 aromatic carbocycles. The summed E-state index contributed by atoms with van der Waals surface area (Å²) < 4.78 is 0. The molecule has 0 aromatic heterocycles. The van der Waals surface area contributed by atoms with Crippen LogP contribution in [-0.4, -0.2) is 24.5 Å². The summed E-state index contributed by atoms with van der Waals surface area (Å²) in [5.74, 6) is 0. The first kappa shape index (κ1) is 6.81. The van der Waals surface area contributed by atoms with E-state index in [1.165, 1.54) is 13.0 Å². The maximum atomic E-state index is 2.37. The van der Waals surface area contributed by atoms with Gasteiger partial charge >= 0.3 is 0 Å². The minimum absolute atomic E-state index is 0.652. The van der Waals surface area contributed by atoms with Gasteiger partial charge in [0.05, 0.1) is 0 Å². The van der Waals surface area contributed by atoms with Gasteiger partial charge in [-0.25, -0.2) is 0 Å². The molecule has 1 nitrogen and oxygen atoms in total. The SMILES string of the molecule is CC1=C[C@@H](C)N(C)CC1. The van der Waals surface area contributed by atoms with Gasteiger partial charge in [0.25, 0.3) is 0 Å². The Kier molecular flexibility index (Phi) is 1.91. The molecule has 0 amide bonds. The minimum atomic E-state index is 0.652. The Labute approximate surface area is 57.4 Å². The van der Waals surface area contributed by atoms with Crippen molar-refractivity contribution in [1.82, 2.24) is 4.90 Å². The quantitative estimate of drug-likeness (QED) is 0.445. The zero-order chi connectivity index (χ0) is 6.85. The van der Waals surface area contributed by atoms with Crippen molar-refractivity contribution in [2.45, 2.75) is 26.3 Å². The smallest absolute Gasteiger partial charge is 0.0249 e. The van der Waals surface area contributed by atoms with Crippen LogP contribution < -0.4 is 0 Å². The summed E-state index contributed by atoms with van der Waals surface area (Å²) in [5, 5.41) is 0. The average Bonchev–Trinajstić information content (AvgIpc) is 1.80. The molecular weight excluding hydrogens is 110 g/mol. The summed E-state index contributed by atoms with van der Waals surface area (Å²) in [6.07, 6.45) is 3.59. The Bertz CT molecular complexity index is 127. The van der Waals surface area contributed by atoms with Crippen LogP contribution in [0.5, 0.6) is 0 Å². The van der Waals surface area contributed by atoms with Gasteiger partial charge in [0.15, 0.2) is 0 Å². The molecule has 1 heteroatoms. The van der Waals surface area contributed by atoms with E-state index in [2.05, 4.69) is 31.9 Å². The molecule has 9 heavy (non-hydrogen) atoms. The fourth-order valence-electron chi connectivity index (χ4n) is 1.18. The van der Waals surface area contributed by atoms with E-state index in [1.54, 1.807) is 5.57 Å². The van der Waals surface area contributed by atoms with Crippen LogP contribution in [0.2, 0.25) is 0 Å². The van der Waals surface area contributed by atoms with Crippen LogP contribution in [0.4, 0.5) is 0 Å². The van der Waals surface area contributed by atoms with Crippen LogP contribution in [0.15, 0.2) is 11.6 Å². The van der Waals surface area contributed by atoms with Gasteiger partial charge in [-0.15, -0.1) is 0 Å². The van der Waals surface area contributed by atoms with Crippen molar-refractivity contribution in [2.24, 2.45) is 0 Å². The summed E-state index contributed by atoms with van der Waals surface area (Å²) in [6, 6.07) is 0.652. The van der Waals surface area contributed by atoms with Crippen LogP contribution in [0.3, 0.4) is 0 Å². The van der Waals surface area contributed by atoms with Gasteiger partial charge in [-0.1, -0.05) is 11.6 Å². The molecule has 0 saturated carbocycles. The van der Waals surface area contributed by atoms with Gasteiger partial charge < -0.3 is 0 Å². The lowest BCUT2D eigenvalue weighted by atomic mass is 10.1. The molecule has 1 aliphatic heterocycles. The molecule has 0 aliphatic carbocycles. The predicted octanol–water partition coefficient (Wildman–Crippen LogP) is 1.66. The highest BCUT2D eigenvalue weighted by molar-refractivity contribution is 5.07. The van der Waals surface area contributed by atoms with Gasteiger partial charge in [0.2, 0.25) is 0 Å². The molecule has 0 bridgehead atoms. The largest absolute Gasteiger partial charge is 0.300 e. The average molecular weight is 125 g/mol. The minimum Gasteiger partial charge on any atom is -0.300 e. The maximum absolute atomic E-state index is 2.37. The number of likely N-dealkylation sites (N-methyl/N-ethyl adjacent to an activating group) is 1. The molecular formula is C8H15N. The highest BCUT2D eigenvalue weighted by atomic mass is 15.1. The zero-order valence-electron chi connectivity index (χ0n) is 6.52. The lowest BCUT2D eigenvalue weighted by Crippen LogP contribution is -2.31. The second-order valence-electron chi connectivity index (χ2n) is 2.98. The van der Waals surface area contributed by atoms with Gasteiger partial charge in [-0.3, -0.25) is 4.90 Å². The van der Waals surface area contributed by atoms with E-state index in [-0.39, 0.29) is 0 Å². The molecule has 0 radical (unpaired) electrons. The molecule has 0 aromatic rings. The number of rotatable bonds is 0. The van der Waals surface area contributed by atoms with Crippen molar-refractivity contribution in [1.29, 1.82) is 0 Å². The Morgan fingerprint density at radius 2 is 2.33 bits per heavy atom. The van der Waals surface area contributed by atoms with Gasteiger partial charge in [-0.05, 0) is 27.3 Å². The standard InChI is InChI=1S/C8H15N/c1-7-4-5-9(3)8(2)6-7/h6,8H,4-5H2,1-3H3/t8-/m1/s1. The van der Waals surface area contributed by atoms with Crippen molar-refractivity contribution < 1.29 is 0 Å². The summed E-state index contributed by atoms with van der Waals surface area (Å²) in [6.45, 7) is 5.68. The normalized spacial score (nSPS) is 30.1. The Morgan fingerprint density at radius 1 is 1.67 bits per heavy atom. The summed E-state index contributed by atoms with van der Waals surface area (Å²) >= 11 is 0. The number of hydrogen-bond donors (Lipinski definition) is 0. The summed E-state index contributed by atoms with van der Waals surface area (Å²) in [4.78, 5) is 2.37. The molecule has 1 rings (SSSR count). The van der Waals surface area contributed by atoms with Crippen LogP contribution in [-0.2, 0) is 0 Å². The highest BCUT2D eigenvalue weighted by Gasteiger charge is 2.10. The number of hydrogen-bond acceptors (Lipinski definition) is 1. The van der Waals surface area contributed by atoms with Crippen molar-refractivity contribution >= 4 is 0 Å². The van der Waals surface area contributed by atoms with Crippen molar-refractivity contribution in [2.75, 3.05) is 13.6 Å². The van der Waals surface area contributed by atoms with Gasteiger partial charge in [0.1, 0.15) is 0 Å². The molecule has 0 fully saturated rings. The molecule has 52 valence electrons. The third-order valence-electron chi connectivity index (χ3n) is 2.08. The molecule has 0 spiro atoms. The molecule has 1 heterocycles. The zero-order valence-corrected chi connectivity index (χ0v) is 6.52. The highest BCUT2D eigenvalue weighted by Crippen LogP contribution is 2.12. The van der Waals surface area contributed by atoms with E-state index in [9.17, 15) is 0 Å². The fraction of sp³-hybridized carbons (Fsp3) is 0.750. The lowest BCUT2D eigenvalue weighted by molar-refractivity contribution is 0.285. The molecule has 0 N–H and O–H groups in total. The second kappa shape index (κ2) is 2.53. The fourth-order valence-corrected chi connectivity index (χ4v) is 1.18. The lowest BCUT2D eigenvalue weighted by Gasteiger charge is -2.27. The van der Waals surface area contributed by atoms with Crippen molar-refractivity contribution in [3.8, 4) is 0 Å². The maximum Gasteiger partial charge on any atom is 0.0249 e.